The highest BCUT2D eigenvalue weighted by Gasteiger charge is 2.35. The maximum atomic E-state index is 13.9. The van der Waals surface area contributed by atoms with Gasteiger partial charge in [0.25, 0.3) is 5.91 Å². The molecule has 2 aliphatic heterocycles. The van der Waals surface area contributed by atoms with Crippen LogP contribution in [0.4, 0.5) is 24.8 Å². The second-order valence-electron chi connectivity index (χ2n) is 10.5. The van der Waals surface area contributed by atoms with E-state index in [0.29, 0.717) is 63.7 Å². The van der Waals surface area contributed by atoms with Crippen molar-refractivity contribution in [3.63, 3.8) is 0 Å². The number of rotatable bonds is 5. The highest BCUT2D eigenvalue weighted by Crippen LogP contribution is 2.38. The van der Waals surface area contributed by atoms with Gasteiger partial charge in [-0.15, -0.1) is 0 Å². The topological polar surface area (TPSA) is 82.5 Å². The Kier molecular flexibility index (Phi) is 9.03. The average molecular weight is 621 g/mol. The first kappa shape index (κ1) is 31.2. The number of hydrogen-bond acceptors (Lipinski definition) is 6. The second kappa shape index (κ2) is 12.8. The van der Waals surface area contributed by atoms with Crippen LogP contribution < -0.4 is 10.6 Å². The van der Waals surface area contributed by atoms with Crippen molar-refractivity contribution in [3.8, 4) is 11.3 Å². The van der Waals surface area contributed by atoms with Gasteiger partial charge in [0.15, 0.2) is 0 Å². The van der Waals surface area contributed by atoms with Crippen LogP contribution in [0.15, 0.2) is 77.9 Å². The normalized spacial score (nSPS) is 14.9. The molecule has 3 aromatic carbocycles. The predicted molar refractivity (Wildman–Crippen MR) is 168 cm³/mol. The van der Waals surface area contributed by atoms with Crippen LogP contribution in [0.3, 0.4) is 0 Å². The van der Waals surface area contributed by atoms with Crippen LogP contribution in [0.1, 0.15) is 52.9 Å². The van der Waals surface area contributed by atoms with Crippen molar-refractivity contribution >= 4 is 34.9 Å². The van der Waals surface area contributed by atoms with E-state index in [1.165, 1.54) is 12.1 Å². The highest BCUT2D eigenvalue weighted by molar-refractivity contribution is 6.31. The zero-order valence-electron chi connectivity index (χ0n) is 23.3. The van der Waals surface area contributed by atoms with Crippen LogP contribution in [0.5, 0.6) is 0 Å². The Morgan fingerprint density at radius 2 is 1.70 bits per heavy atom. The first-order valence-electron chi connectivity index (χ1n) is 13.9. The number of anilines is 2. The number of amides is 1. The molecule has 6 rings (SSSR count). The molecule has 0 spiro atoms. The van der Waals surface area contributed by atoms with E-state index in [0.717, 1.165) is 18.9 Å². The molecule has 2 aliphatic rings. The summed E-state index contributed by atoms with van der Waals surface area (Å²) in [6.07, 6.45) is -1.09. The highest BCUT2D eigenvalue weighted by atomic mass is 35.5. The standard InChI is InChI=1S/C32H28ClF3N6O.CH4/c1-37-22-12-14-42(15-13-22)30(43)19-6-9-23(10-7-19)40-31-39-18-20-17-38-29(25-4-2-3-5-27(25)32(34,35)36)26-16-21(33)8-11-24(26)28(20)41-31;/h2-11,16,18,22,37H,12-15,17H2,1H3,(H,39,40,41);1H4. The fraction of sp³-hybridized carbons (Fsp3) is 0.273. The number of carbonyl (C=O) groups is 1. The zero-order chi connectivity index (χ0) is 30.1. The Bertz CT molecular complexity index is 1700. The summed E-state index contributed by atoms with van der Waals surface area (Å²) in [7, 11) is 1.94. The Labute approximate surface area is 259 Å². The Balaban J connectivity index is 0.00000384. The number of alkyl halides is 3. The zero-order valence-corrected chi connectivity index (χ0v) is 24.0. The van der Waals surface area contributed by atoms with Gasteiger partial charge in [0.05, 0.1) is 23.5 Å². The first-order valence-corrected chi connectivity index (χ1v) is 14.3. The van der Waals surface area contributed by atoms with E-state index in [1.807, 2.05) is 11.9 Å². The molecule has 1 amide bonds. The monoisotopic (exact) mass is 620 g/mol. The van der Waals surface area contributed by atoms with Crippen LogP contribution >= 0.6 is 11.6 Å². The molecule has 228 valence electrons. The molecular weight excluding hydrogens is 589 g/mol. The molecule has 0 radical (unpaired) electrons. The van der Waals surface area contributed by atoms with Gasteiger partial charge < -0.3 is 15.5 Å². The number of fused-ring (bicyclic) bond motifs is 3. The summed E-state index contributed by atoms with van der Waals surface area (Å²) in [6.45, 7) is 1.52. The summed E-state index contributed by atoms with van der Waals surface area (Å²) in [6, 6.07) is 18.0. The van der Waals surface area contributed by atoms with Crippen LogP contribution in [-0.2, 0) is 12.7 Å². The first-order chi connectivity index (χ1) is 20.7. The third kappa shape index (κ3) is 6.32. The van der Waals surface area contributed by atoms with Crippen molar-refractivity contribution in [2.24, 2.45) is 4.99 Å². The smallest absolute Gasteiger partial charge is 0.339 e. The van der Waals surface area contributed by atoms with Gasteiger partial charge in [-0.1, -0.05) is 43.3 Å². The number of halogens is 4. The molecule has 0 saturated carbocycles. The van der Waals surface area contributed by atoms with Crippen LogP contribution in [0.2, 0.25) is 5.02 Å². The van der Waals surface area contributed by atoms with Gasteiger partial charge >= 0.3 is 6.18 Å². The Hall–Kier alpha value is -4.28. The van der Waals surface area contributed by atoms with Crippen LogP contribution in [-0.4, -0.2) is 52.7 Å². The number of aromatic nitrogens is 2. The summed E-state index contributed by atoms with van der Waals surface area (Å²) in [5.74, 6) is 0.299. The summed E-state index contributed by atoms with van der Waals surface area (Å²) >= 11 is 6.32. The van der Waals surface area contributed by atoms with Crippen molar-refractivity contribution in [1.29, 1.82) is 0 Å². The maximum Gasteiger partial charge on any atom is 0.417 e. The average Bonchev–Trinajstić information content (AvgIpc) is 3.17. The molecule has 1 saturated heterocycles. The lowest BCUT2D eigenvalue weighted by Crippen LogP contribution is -2.43. The minimum absolute atomic E-state index is 0. The predicted octanol–water partition coefficient (Wildman–Crippen LogP) is 7.37. The van der Waals surface area contributed by atoms with Gasteiger partial charge in [0.1, 0.15) is 0 Å². The molecule has 0 unspecified atom stereocenters. The number of piperidine rings is 1. The van der Waals surface area contributed by atoms with Crippen molar-refractivity contribution < 1.29 is 18.0 Å². The number of aliphatic imine (C=N–C) groups is 1. The van der Waals surface area contributed by atoms with Crippen LogP contribution in [0, 0.1) is 0 Å². The maximum absolute atomic E-state index is 13.9. The molecule has 11 heteroatoms. The molecule has 3 heterocycles. The van der Waals surface area contributed by atoms with Crippen molar-refractivity contribution in [1.82, 2.24) is 20.2 Å². The van der Waals surface area contributed by atoms with E-state index in [1.54, 1.807) is 54.7 Å². The number of nitrogens with one attached hydrogen (secondary N) is 2. The summed E-state index contributed by atoms with van der Waals surface area (Å²) in [5.41, 5.74) is 2.93. The van der Waals surface area contributed by atoms with Gasteiger partial charge in [0, 0.05) is 63.9 Å². The van der Waals surface area contributed by atoms with Gasteiger partial charge in [-0.05, 0) is 62.4 Å². The quantitative estimate of drug-likeness (QED) is 0.243. The summed E-state index contributed by atoms with van der Waals surface area (Å²) < 4.78 is 41.8. The number of hydrogen-bond donors (Lipinski definition) is 2. The van der Waals surface area contributed by atoms with E-state index in [2.05, 4.69) is 20.6 Å². The van der Waals surface area contributed by atoms with Crippen molar-refractivity contribution in [2.75, 3.05) is 25.5 Å². The molecule has 7 nitrogen and oxygen atoms in total. The fourth-order valence-electron chi connectivity index (χ4n) is 5.53. The van der Waals surface area contributed by atoms with Gasteiger partial charge in [0.2, 0.25) is 5.95 Å². The molecule has 0 bridgehead atoms. The fourth-order valence-corrected chi connectivity index (χ4v) is 5.70. The lowest BCUT2D eigenvalue weighted by molar-refractivity contribution is -0.137. The Morgan fingerprint density at radius 1 is 0.977 bits per heavy atom. The summed E-state index contributed by atoms with van der Waals surface area (Å²) in [5, 5.41) is 6.82. The van der Waals surface area contributed by atoms with E-state index in [4.69, 9.17) is 16.6 Å². The van der Waals surface area contributed by atoms with Crippen molar-refractivity contribution in [2.45, 2.75) is 39.0 Å². The lowest BCUT2D eigenvalue weighted by atomic mass is 9.92. The minimum atomic E-state index is -4.56. The summed E-state index contributed by atoms with van der Waals surface area (Å²) in [4.78, 5) is 28.6. The molecule has 4 aromatic rings. The van der Waals surface area contributed by atoms with Gasteiger partial charge in [-0.3, -0.25) is 9.79 Å². The number of nitrogens with zero attached hydrogens (tertiary/aromatic N) is 4. The largest absolute Gasteiger partial charge is 0.417 e. The lowest BCUT2D eigenvalue weighted by Gasteiger charge is -2.31. The van der Waals surface area contributed by atoms with Gasteiger partial charge in [-0.2, -0.15) is 13.2 Å². The molecule has 0 aliphatic carbocycles. The molecule has 0 atom stereocenters. The number of benzene rings is 3. The second-order valence-corrected chi connectivity index (χ2v) is 11.0. The molecule has 1 aromatic heterocycles. The van der Waals surface area contributed by atoms with E-state index in [9.17, 15) is 18.0 Å². The van der Waals surface area contributed by atoms with E-state index in [-0.39, 0.29) is 31.2 Å². The number of carbonyl (C=O) groups excluding carboxylic acids is 1. The molecule has 1 fully saturated rings. The SMILES string of the molecule is C.CNC1CCN(C(=O)c2ccc(Nc3ncc4c(n3)-c3ccc(Cl)cc3C(c3ccccc3C(F)(F)F)=NC4)cc2)CC1. The molecular formula is C33H32ClF3N6O. The van der Waals surface area contributed by atoms with Crippen LogP contribution in [0.25, 0.3) is 11.3 Å². The Morgan fingerprint density at radius 3 is 2.41 bits per heavy atom. The minimum Gasteiger partial charge on any atom is -0.339 e. The van der Waals surface area contributed by atoms with Gasteiger partial charge in [-0.25, -0.2) is 9.97 Å². The number of likely N-dealkylation sites (tertiary alicyclic amines) is 1. The molecule has 2 N–H and O–H groups in total. The van der Waals surface area contributed by atoms with E-state index >= 15 is 0 Å². The molecule has 44 heavy (non-hydrogen) atoms. The third-order valence-electron chi connectivity index (χ3n) is 7.83. The third-order valence-corrected chi connectivity index (χ3v) is 8.07. The van der Waals surface area contributed by atoms with E-state index < -0.39 is 11.7 Å². The van der Waals surface area contributed by atoms with Crippen molar-refractivity contribution in [3.05, 3.63) is 106 Å².